The van der Waals surface area contributed by atoms with Gasteiger partial charge in [0, 0.05) is 23.5 Å². The second-order valence-electron chi connectivity index (χ2n) is 7.97. The lowest BCUT2D eigenvalue weighted by Gasteiger charge is -2.21. The predicted molar refractivity (Wildman–Crippen MR) is 117 cm³/mol. The summed E-state index contributed by atoms with van der Waals surface area (Å²) in [6, 6.07) is 2.11. The van der Waals surface area contributed by atoms with E-state index in [2.05, 4.69) is 40.7 Å². The molecule has 0 bridgehead atoms. The molecule has 5 rings (SSSR count). The maximum Gasteiger partial charge on any atom is 0.171 e. The van der Waals surface area contributed by atoms with E-state index in [1.807, 2.05) is 33.9 Å². The van der Waals surface area contributed by atoms with Gasteiger partial charge in [0.05, 0.1) is 54.3 Å². The summed E-state index contributed by atoms with van der Waals surface area (Å²) < 4.78 is 5.62. The van der Waals surface area contributed by atoms with Gasteiger partial charge in [0.1, 0.15) is 6.04 Å². The molecule has 160 valence electrons. The summed E-state index contributed by atoms with van der Waals surface area (Å²) >= 11 is 0. The molecular formula is C22H26N8O. The molecule has 5 heterocycles. The SMILES string of the molecule is CCC(CC)n1cc(-c2nc(-c3cnn(C4CCNCC4=O)c3)cn3nccc23)cn1. The summed E-state index contributed by atoms with van der Waals surface area (Å²) in [5.74, 6) is 0.158. The molecule has 0 amide bonds. The molecule has 1 aliphatic heterocycles. The van der Waals surface area contributed by atoms with Crippen LogP contribution in [0.25, 0.3) is 28.0 Å². The molecule has 1 N–H and O–H groups in total. The standard InChI is InChI=1S/C22H26N8O/c1-3-17(4-2)28-13-16(10-25-28)22-20-6-8-24-30(20)14-18(27-22)15-9-26-29(12-15)19-5-7-23-11-21(19)31/h6,8-10,12-14,17,19,23H,3-5,7,11H2,1-2H3. The molecule has 4 aromatic rings. The number of nitrogens with zero attached hydrogens (tertiary/aromatic N) is 7. The summed E-state index contributed by atoms with van der Waals surface area (Å²) in [4.78, 5) is 17.2. The molecule has 9 nitrogen and oxygen atoms in total. The zero-order valence-corrected chi connectivity index (χ0v) is 17.8. The largest absolute Gasteiger partial charge is 0.310 e. The molecule has 4 aromatic heterocycles. The van der Waals surface area contributed by atoms with Crippen LogP contribution in [0, 0.1) is 0 Å². The van der Waals surface area contributed by atoms with Crippen molar-refractivity contribution in [2.45, 2.75) is 45.2 Å². The second kappa shape index (κ2) is 8.07. The first-order valence-electron chi connectivity index (χ1n) is 10.8. The Kier molecular flexibility index (Phi) is 5.11. The highest BCUT2D eigenvalue weighted by Gasteiger charge is 2.25. The molecule has 1 atom stereocenters. The van der Waals surface area contributed by atoms with Crippen LogP contribution in [-0.4, -0.2) is 53.0 Å². The van der Waals surface area contributed by atoms with Gasteiger partial charge in [0.2, 0.25) is 0 Å². The molecule has 31 heavy (non-hydrogen) atoms. The van der Waals surface area contributed by atoms with Crippen molar-refractivity contribution in [2.24, 2.45) is 0 Å². The molecule has 1 saturated heterocycles. The number of nitrogens with one attached hydrogen (secondary N) is 1. The van der Waals surface area contributed by atoms with Crippen molar-refractivity contribution in [3.8, 4) is 22.5 Å². The van der Waals surface area contributed by atoms with Crippen molar-refractivity contribution >= 4 is 11.3 Å². The van der Waals surface area contributed by atoms with Crippen molar-refractivity contribution in [1.29, 1.82) is 0 Å². The summed E-state index contributed by atoms with van der Waals surface area (Å²) in [6.07, 6.45) is 14.1. The van der Waals surface area contributed by atoms with Crippen LogP contribution in [0.1, 0.15) is 45.2 Å². The highest BCUT2D eigenvalue weighted by atomic mass is 16.1. The first-order chi connectivity index (χ1) is 15.2. The maximum atomic E-state index is 12.3. The minimum absolute atomic E-state index is 0.158. The Bertz CT molecular complexity index is 1220. The van der Waals surface area contributed by atoms with Gasteiger partial charge in [-0.05, 0) is 31.9 Å². The van der Waals surface area contributed by atoms with Crippen LogP contribution in [-0.2, 0) is 4.79 Å². The zero-order valence-electron chi connectivity index (χ0n) is 17.8. The fourth-order valence-electron chi connectivity index (χ4n) is 4.25. The Morgan fingerprint density at radius 1 is 1.10 bits per heavy atom. The van der Waals surface area contributed by atoms with E-state index in [1.54, 1.807) is 17.1 Å². The summed E-state index contributed by atoms with van der Waals surface area (Å²) in [5, 5.41) is 16.6. The normalized spacial score (nSPS) is 17.1. The van der Waals surface area contributed by atoms with Gasteiger partial charge in [-0.3, -0.25) is 14.2 Å². The number of aromatic nitrogens is 7. The Morgan fingerprint density at radius 2 is 1.94 bits per heavy atom. The van der Waals surface area contributed by atoms with Crippen LogP contribution in [0.15, 0.2) is 43.2 Å². The van der Waals surface area contributed by atoms with Crippen LogP contribution >= 0.6 is 0 Å². The van der Waals surface area contributed by atoms with Gasteiger partial charge in [-0.1, -0.05) is 13.8 Å². The van der Waals surface area contributed by atoms with E-state index >= 15 is 0 Å². The minimum Gasteiger partial charge on any atom is -0.310 e. The Hall–Kier alpha value is -3.33. The monoisotopic (exact) mass is 418 g/mol. The number of rotatable bonds is 6. The van der Waals surface area contributed by atoms with Gasteiger partial charge in [0.15, 0.2) is 5.78 Å². The molecule has 0 spiro atoms. The van der Waals surface area contributed by atoms with Gasteiger partial charge in [-0.15, -0.1) is 0 Å². The third-order valence-corrected chi connectivity index (χ3v) is 6.06. The van der Waals surface area contributed by atoms with E-state index in [-0.39, 0.29) is 11.8 Å². The highest BCUT2D eigenvalue weighted by Crippen LogP contribution is 2.28. The quantitative estimate of drug-likeness (QED) is 0.517. The minimum atomic E-state index is -0.221. The van der Waals surface area contributed by atoms with Crippen LogP contribution in [0.2, 0.25) is 0 Å². The highest BCUT2D eigenvalue weighted by molar-refractivity contribution is 5.85. The molecule has 0 aliphatic carbocycles. The number of piperidine rings is 1. The fraction of sp³-hybridized carbons (Fsp3) is 0.409. The lowest BCUT2D eigenvalue weighted by atomic mass is 10.1. The number of hydrogen-bond acceptors (Lipinski definition) is 6. The first-order valence-corrected chi connectivity index (χ1v) is 10.8. The third-order valence-electron chi connectivity index (χ3n) is 6.06. The van der Waals surface area contributed by atoms with E-state index < -0.39 is 0 Å². The molecular weight excluding hydrogens is 392 g/mol. The van der Waals surface area contributed by atoms with Crippen LogP contribution in [0.4, 0.5) is 0 Å². The first kappa shape index (κ1) is 19.6. The maximum absolute atomic E-state index is 12.3. The van der Waals surface area contributed by atoms with Crippen LogP contribution < -0.4 is 5.32 Å². The predicted octanol–water partition coefficient (Wildman–Crippen LogP) is 2.92. The van der Waals surface area contributed by atoms with E-state index in [4.69, 9.17) is 4.98 Å². The van der Waals surface area contributed by atoms with E-state index in [1.165, 1.54) is 0 Å². The van der Waals surface area contributed by atoms with Crippen molar-refractivity contribution in [3.05, 3.63) is 43.2 Å². The molecule has 1 unspecified atom stereocenters. The molecule has 9 heteroatoms. The number of ketones is 1. The van der Waals surface area contributed by atoms with Gasteiger partial charge >= 0.3 is 0 Å². The van der Waals surface area contributed by atoms with Crippen molar-refractivity contribution in [3.63, 3.8) is 0 Å². The summed E-state index contributed by atoms with van der Waals surface area (Å²) in [5.41, 5.74) is 4.33. The number of carbonyl (C=O) groups is 1. The summed E-state index contributed by atoms with van der Waals surface area (Å²) in [6.45, 7) is 5.55. The van der Waals surface area contributed by atoms with Crippen molar-refractivity contribution in [2.75, 3.05) is 13.1 Å². The number of Topliss-reactive ketones (excluding diaryl/α,β-unsaturated/α-hetero) is 1. The Labute approximate surface area is 180 Å². The van der Waals surface area contributed by atoms with Crippen molar-refractivity contribution in [1.82, 2.24) is 39.5 Å². The van der Waals surface area contributed by atoms with E-state index in [0.717, 1.165) is 53.8 Å². The Balaban J connectivity index is 1.54. The smallest absolute Gasteiger partial charge is 0.171 e. The topological polar surface area (TPSA) is 94.9 Å². The average Bonchev–Trinajstić information content (AvgIpc) is 3.54. The van der Waals surface area contributed by atoms with E-state index in [9.17, 15) is 4.79 Å². The zero-order chi connectivity index (χ0) is 21.4. The summed E-state index contributed by atoms with van der Waals surface area (Å²) in [7, 11) is 0. The number of carbonyl (C=O) groups excluding carboxylic acids is 1. The average molecular weight is 419 g/mol. The molecule has 0 saturated carbocycles. The van der Waals surface area contributed by atoms with Gasteiger partial charge in [-0.2, -0.15) is 15.3 Å². The van der Waals surface area contributed by atoms with Gasteiger partial charge < -0.3 is 5.32 Å². The molecule has 1 fully saturated rings. The third kappa shape index (κ3) is 3.54. The number of hydrogen-bond donors (Lipinski definition) is 1. The van der Waals surface area contributed by atoms with Gasteiger partial charge in [0.25, 0.3) is 0 Å². The molecule has 0 aromatic carbocycles. The van der Waals surface area contributed by atoms with E-state index in [0.29, 0.717) is 12.6 Å². The fourth-order valence-corrected chi connectivity index (χ4v) is 4.25. The van der Waals surface area contributed by atoms with Crippen molar-refractivity contribution < 1.29 is 4.79 Å². The lowest BCUT2D eigenvalue weighted by Crippen LogP contribution is -2.38. The second-order valence-corrected chi connectivity index (χ2v) is 7.97. The number of fused-ring (bicyclic) bond motifs is 1. The molecule has 1 aliphatic rings. The van der Waals surface area contributed by atoms with Crippen LogP contribution in [0.3, 0.4) is 0 Å². The molecule has 0 radical (unpaired) electrons. The van der Waals surface area contributed by atoms with Gasteiger partial charge in [-0.25, -0.2) is 9.50 Å². The van der Waals surface area contributed by atoms with Crippen LogP contribution in [0.5, 0.6) is 0 Å². The lowest BCUT2D eigenvalue weighted by molar-refractivity contribution is -0.123. The Morgan fingerprint density at radius 3 is 2.74 bits per heavy atom.